The monoisotopic (exact) mass is 267 g/mol. The molecule has 6 heteroatoms. The predicted molar refractivity (Wildman–Crippen MR) is 71.1 cm³/mol. The van der Waals surface area contributed by atoms with Gasteiger partial charge in [-0.25, -0.2) is 9.97 Å². The first-order valence-electron chi connectivity index (χ1n) is 5.15. The molecule has 2 aromatic heterocycles. The van der Waals surface area contributed by atoms with Crippen LogP contribution in [-0.2, 0) is 6.54 Å². The number of aromatic nitrogens is 2. The standard InChI is InChI=1S/C11H13N3OS2/c1-7(15)10-6-17-11(13-10)14(3)4-9-5-16-8(2)12-9/h5-6H,4H2,1-3H3. The molecule has 17 heavy (non-hydrogen) atoms. The van der Waals surface area contributed by atoms with Gasteiger partial charge in [-0.15, -0.1) is 22.7 Å². The lowest BCUT2D eigenvalue weighted by atomic mass is 10.4. The Kier molecular flexibility index (Phi) is 3.54. The minimum Gasteiger partial charge on any atom is -0.345 e. The Bertz CT molecular complexity index is 532. The Morgan fingerprint density at radius 1 is 1.35 bits per heavy atom. The van der Waals surface area contributed by atoms with E-state index in [4.69, 9.17) is 0 Å². The molecule has 0 unspecified atom stereocenters. The van der Waals surface area contributed by atoms with Crippen molar-refractivity contribution in [2.24, 2.45) is 0 Å². The van der Waals surface area contributed by atoms with Crippen LogP contribution in [0.15, 0.2) is 10.8 Å². The van der Waals surface area contributed by atoms with E-state index in [1.807, 2.05) is 24.3 Å². The van der Waals surface area contributed by atoms with Crippen molar-refractivity contribution in [3.05, 3.63) is 27.2 Å². The molecule has 4 nitrogen and oxygen atoms in total. The molecule has 2 rings (SSSR count). The number of nitrogens with zero attached hydrogens (tertiary/aromatic N) is 3. The quantitative estimate of drug-likeness (QED) is 0.799. The number of hydrogen-bond donors (Lipinski definition) is 0. The van der Waals surface area contributed by atoms with Crippen molar-refractivity contribution >= 4 is 33.6 Å². The zero-order valence-electron chi connectivity index (χ0n) is 9.93. The summed E-state index contributed by atoms with van der Waals surface area (Å²) in [6.07, 6.45) is 0. The van der Waals surface area contributed by atoms with E-state index in [1.54, 1.807) is 16.7 Å². The van der Waals surface area contributed by atoms with E-state index < -0.39 is 0 Å². The maximum absolute atomic E-state index is 11.2. The predicted octanol–water partition coefficient (Wildman–Crippen LogP) is 2.75. The van der Waals surface area contributed by atoms with Crippen LogP contribution >= 0.6 is 22.7 Å². The highest BCUT2D eigenvalue weighted by Gasteiger charge is 2.11. The molecule has 2 heterocycles. The van der Waals surface area contributed by atoms with Crippen molar-refractivity contribution in [1.82, 2.24) is 9.97 Å². The van der Waals surface area contributed by atoms with E-state index in [1.165, 1.54) is 18.3 Å². The van der Waals surface area contributed by atoms with Gasteiger partial charge in [0, 0.05) is 24.7 Å². The SMILES string of the molecule is CC(=O)c1csc(N(C)Cc2csc(C)n2)n1. The summed E-state index contributed by atoms with van der Waals surface area (Å²) in [4.78, 5) is 21.9. The summed E-state index contributed by atoms with van der Waals surface area (Å²) in [6.45, 7) is 4.24. The van der Waals surface area contributed by atoms with Gasteiger partial charge in [0.15, 0.2) is 10.9 Å². The summed E-state index contributed by atoms with van der Waals surface area (Å²) in [5, 5.41) is 5.75. The van der Waals surface area contributed by atoms with Crippen LogP contribution in [0.4, 0.5) is 5.13 Å². The topological polar surface area (TPSA) is 46.1 Å². The van der Waals surface area contributed by atoms with Crippen LogP contribution < -0.4 is 4.90 Å². The van der Waals surface area contributed by atoms with E-state index in [2.05, 4.69) is 9.97 Å². The Labute approximate surface area is 108 Å². The van der Waals surface area contributed by atoms with Crippen molar-refractivity contribution in [3.8, 4) is 0 Å². The molecule has 0 spiro atoms. The Morgan fingerprint density at radius 3 is 2.65 bits per heavy atom. The fourth-order valence-electron chi connectivity index (χ4n) is 1.39. The molecule has 0 bridgehead atoms. The molecule has 0 atom stereocenters. The third-order valence-corrected chi connectivity index (χ3v) is 4.02. The second-order valence-electron chi connectivity index (χ2n) is 3.79. The summed E-state index contributed by atoms with van der Waals surface area (Å²) in [5.41, 5.74) is 1.57. The molecular weight excluding hydrogens is 254 g/mol. The van der Waals surface area contributed by atoms with Gasteiger partial charge >= 0.3 is 0 Å². The number of ketones is 1. The lowest BCUT2D eigenvalue weighted by Crippen LogP contribution is -2.16. The van der Waals surface area contributed by atoms with Gasteiger partial charge in [-0.1, -0.05) is 0 Å². The fraction of sp³-hybridized carbons (Fsp3) is 0.364. The maximum Gasteiger partial charge on any atom is 0.186 e. The van der Waals surface area contributed by atoms with Gasteiger partial charge in [-0.05, 0) is 6.92 Å². The first-order chi connectivity index (χ1) is 8.06. The second-order valence-corrected chi connectivity index (χ2v) is 5.68. The van der Waals surface area contributed by atoms with E-state index in [-0.39, 0.29) is 5.78 Å². The number of carbonyl (C=O) groups is 1. The van der Waals surface area contributed by atoms with E-state index in [0.717, 1.165) is 22.4 Å². The van der Waals surface area contributed by atoms with Crippen LogP contribution in [-0.4, -0.2) is 22.8 Å². The highest BCUT2D eigenvalue weighted by atomic mass is 32.1. The third-order valence-electron chi connectivity index (χ3n) is 2.25. The lowest BCUT2D eigenvalue weighted by molar-refractivity contribution is 0.101. The zero-order chi connectivity index (χ0) is 12.4. The normalized spacial score (nSPS) is 10.5. The molecule has 0 saturated heterocycles. The van der Waals surface area contributed by atoms with Crippen molar-refractivity contribution in [3.63, 3.8) is 0 Å². The molecule has 0 saturated carbocycles. The number of aryl methyl sites for hydroxylation is 1. The molecule has 0 aliphatic heterocycles. The molecule has 0 N–H and O–H groups in total. The summed E-state index contributed by atoms with van der Waals surface area (Å²) >= 11 is 3.12. The number of Topliss-reactive ketones (excluding diaryl/α,β-unsaturated/α-hetero) is 1. The van der Waals surface area contributed by atoms with Crippen LogP contribution in [0.3, 0.4) is 0 Å². The lowest BCUT2D eigenvalue weighted by Gasteiger charge is -2.13. The molecule has 0 fully saturated rings. The van der Waals surface area contributed by atoms with Crippen LogP contribution in [0.5, 0.6) is 0 Å². The molecular formula is C11H13N3OS2. The number of hydrogen-bond acceptors (Lipinski definition) is 6. The van der Waals surface area contributed by atoms with Gasteiger partial charge in [0.05, 0.1) is 17.2 Å². The van der Waals surface area contributed by atoms with E-state index in [0.29, 0.717) is 5.69 Å². The fourth-order valence-corrected chi connectivity index (χ4v) is 2.83. The summed E-state index contributed by atoms with van der Waals surface area (Å²) in [6, 6.07) is 0. The largest absolute Gasteiger partial charge is 0.345 e. The Balaban J connectivity index is 2.08. The Morgan fingerprint density at radius 2 is 2.12 bits per heavy atom. The van der Waals surface area contributed by atoms with Gasteiger partial charge in [-0.2, -0.15) is 0 Å². The smallest absolute Gasteiger partial charge is 0.186 e. The summed E-state index contributed by atoms with van der Waals surface area (Å²) in [5.74, 6) is 0.00500. The average Bonchev–Trinajstić information content (AvgIpc) is 2.86. The maximum atomic E-state index is 11.2. The molecule has 0 aromatic carbocycles. The van der Waals surface area contributed by atoms with Gasteiger partial charge in [-0.3, -0.25) is 4.79 Å². The molecule has 90 valence electrons. The van der Waals surface area contributed by atoms with E-state index >= 15 is 0 Å². The minimum atomic E-state index is 0.00500. The number of anilines is 1. The summed E-state index contributed by atoms with van der Waals surface area (Å²) < 4.78 is 0. The molecule has 2 aromatic rings. The van der Waals surface area contributed by atoms with Crippen molar-refractivity contribution in [1.29, 1.82) is 0 Å². The molecule has 0 aliphatic rings. The van der Waals surface area contributed by atoms with Gasteiger partial charge in [0.25, 0.3) is 0 Å². The number of carbonyl (C=O) groups excluding carboxylic acids is 1. The van der Waals surface area contributed by atoms with Crippen LogP contribution in [0, 0.1) is 6.92 Å². The molecule has 0 radical (unpaired) electrons. The molecule has 0 amide bonds. The first kappa shape index (κ1) is 12.2. The van der Waals surface area contributed by atoms with Crippen molar-refractivity contribution < 1.29 is 4.79 Å². The number of thiazole rings is 2. The molecule has 0 aliphatic carbocycles. The van der Waals surface area contributed by atoms with Gasteiger partial charge < -0.3 is 4.90 Å². The Hall–Kier alpha value is -1.27. The van der Waals surface area contributed by atoms with Crippen LogP contribution in [0.1, 0.15) is 28.1 Å². The van der Waals surface area contributed by atoms with E-state index in [9.17, 15) is 4.79 Å². The van der Waals surface area contributed by atoms with Crippen LogP contribution in [0.25, 0.3) is 0 Å². The number of rotatable bonds is 4. The van der Waals surface area contributed by atoms with Crippen LogP contribution in [0.2, 0.25) is 0 Å². The summed E-state index contributed by atoms with van der Waals surface area (Å²) in [7, 11) is 1.96. The van der Waals surface area contributed by atoms with Crippen molar-refractivity contribution in [2.75, 3.05) is 11.9 Å². The second kappa shape index (κ2) is 4.93. The minimum absolute atomic E-state index is 0.00500. The van der Waals surface area contributed by atoms with Gasteiger partial charge in [0.2, 0.25) is 0 Å². The zero-order valence-corrected chi connectivity index (χ0v) is 11.6. The highest BCUT2D eigenvalue weighted by Crippen LogP contribution is 2.21. The highest BCUT2D eigenvalue weighted by molar-refractivity contribution is 7.14. The van der Waals surface area contributed by atoms with Crippen molar-refractivity contribution in [2.45, 2.75) is 20.4 Å². The third kappa shape index (κ3) is 2.89. The average molecular weight is 267 g/mol. The first-order valence-corrected chi connectivity index (χ1v) is 6.91. The van der Waals surface area contributed by atoms with Gasteiger partial charge in [0.1, 0.15) is 5.69 Å².